The highest BCUT2D eigenvalue weighted by Crippen LogP contribution is 2.59. The molecule has 0 aliphatic rings. The maximum Gasteiger partial charge on any atom is 0.424 e. The van der Waals surface area contributed by atoms with Crippen molar-refractivity contribution in [1.82, 2.24) is 10.6 Å². The highest BCUT2D eigenvalue weighted by molar-refractivity contribution is 9.10. The Kier molecular flexibility index (Phi) is 9.27. The van der Waals surface area contributed by atoms with Crippen LogP contribution in [0, 0.1) is 0 Å². The van der Waals surface area contributed by atoms with Crippen LogP contribution in [-0.4, -0.2) is 40.9 Å². The van der Waals surface area contributed by atoms with E-state index < -0.39 is 54.1 Å². The number of amides is 2. The number of rotatable bonds is 10. The molecule has 2 atom stereocenters. The largest absolute Gasteiger partial charge is 0.424 e. The van der Waals surface area contributed by atoms with Crippen LogP contribution in [0.5, 0.6) is 0 Å². The van der Waals surface area contributed by atoms with Crippen molar-refractivity contribution in [2.45, 2.75) is 36.4 Å². The monoisotopic (exact) mass is 616 g/mol. The third-order valence-electron chi connectivity index (χ3n) is 5.49. The summed E-state index contributed by atoms with van der Waals surface area (Å²) in [6, 6.07) is 5.86. The average molecular weight is 617 g/mol. The van der Waals surface area contributed by atoms with Gasteiger partial charge in [-0.1, -0.05) is 40.2 Å². The molecule has 0 saturated carbocycles. The van der Waals surface area contributed by atoms with Gasteiger partial charge in [-0.05, 0) is 49.2 Å². The van der Waals surface area contributed by atoms with Crippen molar-refractivity contribution in [1.29, 1.82) is 0 Å². The molecule has 0 spiro atoms. The number of carbonyl (C=O) groups excluding carboxylic acids is 2. The van der Waals surface area contributed by atoms with Crippen LogP contribution in [0.3, 0.4) is 0 Å². The maximum atomic E-state index is 13.8. The molecule has 1 unspecified atom stereocenters. The van der Waals surface area contributed by atoms with Gasteiger partial charge in [-0.3, -0.25) is 19.5 Å². The van der Waals surface area contributed by atoms with E-state index in [9.17, 15) is 36.1 Å². The number of halogens is 6. The fraction of sp³-hybridized carbons (Fsp3) is 0.333. The minimum absolute atomic E-state index is 0.0269. The fourth-order valence-corrected chi connectivity index (χ4v) is 4.26. The lowest BCUT2D eigenvalue weighted by molar-refractivity contribution is -0.198. The summed E-state index contributed by atoms with van der Waals surface area (Å²) in [7, 11) is -4.75. The van der Waals surface area contributed by atoms with Crippen LogP contribution in [0.25, 0.3) is 0 Å². The normalized spacial score (nSPS) is 15.1. The van der Waals surface area contributed by atoms with Crippen LogP contribution in [0.4, 0.5) is 22.0 Å². The number of primary amides is 1. The van der Waals surface area contributed by atoms with E-state index in [4.69, 9.17) is 21.3 Å². The van der Waals surface area contributed by atoms with Crippen molar-refractivity contribution in [3.63, 3.8) is 0 Å². The molecule has 0 aromatic heterocycles. The fourth-order valence-electron chi connectivity index (χ4n) is 3.28. The summed E-state index contributed by atoms with van der Waals surface area (Å²) in [5.41, 5.74) is 2.20. The van der Waals surface area contributed by atoms with Crippen molar-refractivity contribution in [3.05, 3.63) is 69.2 Å². The first-order valence-electron chi connectivity index (χ1n) is 10.3. The van der Waals surface area contributed by atoms with Gasteiger partial charge in [0.1, 0.15) is 6.04 Å². The summed E-state index contributed by atoms with van der Waals surface area (Å²) in [4.78, 5) is 42.3. The summed E-state index contributed by atoms with van der Waals surface area (Å²) in [6.07, 6.45) is -5.01. The lowest BCUT2D eigenvalue weighted by Gasteiger charge is -2.32. The number of hydrogen-bond donors (Lipinski definition) is 6. The number of nitrogens with two attached hydrogens (primary N) is 2. The molecule has 2 aromatic rings. The molecule has 2 aromatic carbocycles. The molecule has 8 N–H and O–H groups in total. The minimum Gasteiger partial charge on any atom is -0.368 e. The average Bonchev–Trinajstić information content (AvgIpc) is 2.79. The van der Waals surface area contributed by atoms with Crippen molar-refractivity contribution < 1.29 is 45.9 Å². The lowest BCUT2D eigenvalue weighted by atomic mass is 9.97. The minimum atomic E-state index is -5.74. The van der Waals surface area contributed by atoms with Gasteiger partial charge in [0.25, 0.3) is 5.91 Å². The summed E-state index contributed by atoms with van der Waals surface area (Å²) < 4.78 is 79.3. The molecule has 16 heteroatoms. The smallest absolute Gasteiger partial charge is 0.368 e. The number of aryl methyl sites for hydroxylation is 1. The second kappa shape index (κ2) is 11.1. The van der Waals surface area contributed by atoms with Crippen LogP contribution in [0.1, 0.15) is 33.5 Å². The topological polar surface area (TPSA) is 168 Å². The Balaban J connectivity index is 2.20. The third kappa shape index (κ3) is 6.92. The second-order valence-corrected chi connectivity index (χ2v) is 10.6. The molecule has 9 nitrogen and oxygen atoms in total. The molecule has 2 rings (SSSR count). The van der Waals surface area contributed by atoms with Crippen LogP contribution in [-0.2, 0) is 27.1 Å². The Bertz CT molecular complexity index is 1210. The first-order valence-corrected chi connectivity index (χ1v) is 12.7. The predicted octanol–water partition coefficient (Wildman–Crippen LogP) is 2.79. The SMILES string of the molecule is CNC(N)(c1cc(Br)cc(C(=O)N[C@@H](CCc2ccc(C(F)(F)P(=O)(O)O)cc2)C(N)=O)c1)C(F)(F)F. The highest BCUT2D eigenvalue weighted by Gasteiger charge is 2.53. The van der Waals surface area contributed by atoms with E-state index in [1.165, 1.54) is 6.07 Å². The molecule has 0 radical (unpaired) electrons. The van der Waals surface area contributed by atoms with Crippen LogP contribution >= 0.6 is 23.5 Å². The van der Waals surface area contributed by atoms with Gasteiger partial charge in [-0.15, -0.1) is 0 Å². The molecule has 0 aliphatic carbocycles. The zero-order chi connectivity index (χ0) is 28.4. The van der Waals surface area contributed by atoms with Gasteiger partial charge in [-0.2, -0.15) is 22.0 Å². The predicted molar refractivity (Wildman–Crippen MR) is 126 cm³/mol. The standard InChI is InChI=1S/C21H23BrF5N4O5P/c1-30-19(29,21(25,26)27)14-8-12(9-15(22)10-14)18(33)31-16(17(28)32)7-4-11-2-5-13(6-3-11)20(23,24)37(34,35)36/h2-3,5-6,8-10,16,30H,4,7,29H2,1H3,(H2,28,32)(H,31,33)(H2,34,35,36)/t16-,19?/m0/s1. The molecule has 0 saturated heterocycles. The van der Waals surface area contributed by atoms with Gasteiger partial charge in [0, 0.05) is 15.6 Å². The van der Waals surface area contributed by atoms with Gasteiger partial charge < -0.3 is 26.6 Å². The molecule has 0 bridgehead atoms. The van der Waals surface area contributed by atoms with Gasteiger partial charge in [0.15, 0.2) is 5.66 Å². The molecule has 204 valence electrons. The van der Waals surface area contributed by atoms with Crippen molar-refractivity contribution in [2.75, 3.05) is 7.05 Å². The first-order chi connectivity index (χ1) is 16.8. The van der Waals surface area contributed by atoms with Crippen molar-refractivity contribution in [3.8, 4) is 0 Å². The van der Waals surface area contributed by atoms with Gasteiger partial charge in [-0.25, -0.2) is 0 Å². The van der Waals surface area contributed by atoms with Gasteiger partial charge >= 0.3 is 19.4 Å². The van der Waals surface area contributed by atoms with Gasteiger partial charge in [0.05, 0.1) is 0 Å². The van der Waals surface area contributed by atoms with E-state index in [1.807, 2.05) is 5.32 Å². The summed E-state index contributed by atoms with van der Waals surface area (Å²) >= 11 is 3.03. The number of benzene rings is 2. The molecular formula is C21H23BrF5N4O5P. The van der Waals surface area contributed by atoms with Crippen molar-refractivity contribution >= 4 is 35.3 Å². The van der Waals surface area contributed by atoms with E-state index in [0.717, 1.165) is 43.4 Å². The van der Waals surface area contributed by atoms with Crippen LogP contribution in [0.2, 0.25) is 0 Å². The van der Waals surface area contributed by atoms with Gasteiger partial charge in [0.2, 0.25) is 5.91 Å². The maximum absolute atomic E-state index is 13.8. The Morgan fingerprint density at radius 2 is 1.62 bits per heavy atom. The second-order valence-electron chi connectivity index (χ2n) is 8.03. The summed E-state index contributed by atoms with van der Waals surface area (Å²) in [6.45, 7) is 0. The van der Waals surface area contributed by atoms with E-state index in [2.05, 4.69) is 21.2 Å². The van der Waals surface area contributed by atoms with Crippen LogP contribution in [0.15, 0.2) is 46.9 Å². The number of alkyl halides is 5. The number of hydrogen-bond acceptors (Lipinski definition) is 5. The first kappa shape index (κ1) is 30.8. The number of carbonyl (C=O) groups is 2. The van der Waals surface area contributed by atoms with E-state index in [0.29, 0.717) is 5.56 Å². The Labute approximate surface area is 216 Å². The molecule has 0 fully saturated rings. The molecule has 0 aliphatic heterocycles. The Hall–Kier alpha value is -2.42. The lowest BCUT2D eigenvalue weighted by Crippen LogP contribution is -2.59. The zero-order valence-corrected chi connectivity index (χ0v) is 21.5. The zero-order valence-electron chi connectivity index (χ0n) is 19.0. The Morgan fingerprint density at radius 1 is 1.05 bits per heavy atom. The van der Waals surface area contributed by atoms with E-state index in [1.54, 1.807) is 0 Å². The van der Waals surface area contributed by atoms with E-state index >= 15 is 0 Å². The summed E-state index contributed by atoms with van der Waals surface area (Å²) in [5.74, 6) is -1.89. The highest BCUT2D eigenvalue weighted by atomic mass is 79.9. The molecule has 0 heterocycles. The molecule has 2 amide bonds. The van der Waals surface area contributed by atoms with Crippen LogP contribution < -0.4 is 22.1 Å². The quantitative estimate of drug-likeness (QED) is 0.135. The summed E-state index contributed by atoms with van der Waals surface area (Å²) in [5, 5.41) is 4.30. The van der Waals surface area contributed by atoms with E-state index in [-0.39, 0.29) is 22.9 Å². The molecule has 37 heavy (non-hydrogen) atoms. The number of nitrogens with one attached hydrogen (secondary N) is 2. The Morgan fingerprint density at radius 3 is 2.08 bits per heavy atom. The van der Waals surface area contributed by atoms with Crippen molar-refractivity contribution in [2.24, 2.45) is 11.5 Å². The third-order valence-corrected chi connectivity index (χ3v) is 6.94. The molecular weight excluding hydrogens is 594 g/mol.